The molecule has 10 heteroatoms. The number of fused-ring (bicyclic) bond motifs is 1. The van der Waals surface area contributed by atoms with E-state index in [1.54, 1.807) is 18.2 Å². The van der Waals surface area contributed by atoms with E-state index >= 15 is 0 Å². The summed E-state index contributed by atoms with van der Waals surface area (Å²) in [6.45, 7) is 4.12. The van der Waals surface area contributed by atoms with E-state index in [-0.39, 0.29) is 39.8 Å². The molecule has 10 nitrogen and oxygen atoms in total. The number of imide groups is 1. The zero-order valence-electron chi connectivity index (χ0n) is 16.8. The second-order valence-corrected chi connectivity index (χ2v) is 7.12. The molecule has 0 unspecified atom stereocenters. The fourth-order valence-corrected chi connectivity index (χ4v) is 3.19. The van der Waals surface area contributed by atoms with Crippen LogP contribution in [0.5, 0.6) is 5.88 Å². The zero-order valence-corrected chi connectivity index (χ0v) is 16.8. The van der Waals surface area contributed by atoms with Gasteiger partial charge in [0, 0.05) is 27.7 Å². The Morgan fingerprint density at radius 2 is 1.72 bits per heavy atom. The first-order chi connectivity index (χ1) is 13.7. The fourth-order valence-electron chi connectivity index (χ4n) is 3.19. The van der Waals surface area contributed by atoms with Crippen molar-refractivity contribution in [2.75, 3.05) is 13.6 Å². The van der Waals surface area contributed by atoms with E-state index in [9.17, 15) is 19.5 Å². The highest BCUT2D eigenvalue weighted by molar-refractivity contribution is 6.23. The van der Waals surface area contributed by atoms with Gasteiger partial charge in [-0.05, 0) is 23.9 Å². The van der Waals surface area contributed by atoms with Crippen molar-refractivity contribution in [1.82, 2.24) is 14.0 Å². The second-order valence-electron chi connectivity index (χ2n) is 7.12. The number of rotatable bonds is 4. The molecule has 0 atom stereocenters. The Morgan fingerprint density at radius 3 is 2.34 bits per heavy atom. The maximum atomic E-state index is 12.8. The van der Waals surface area contributed by atoms with E-state index in [0.717, 1.165) is 4.57 Å². The van der Waals surface area contributed by atoms with Crippen LogP contribution in [-0.2, 0) is 14.1 Å². The quantitative estimate of drug-likeness (QED) is 0.563. The number of nitrogens with zero attached hydrogens (tertiary/aromatic N) is 6. The van der Waals surface area contributed by atoms with E-state index in [1.165, 1.54) is 30.6 Å². The molecular weight excluding hydrogens is 376 g/mol. The lowest BCUT2D eigenvalue weighted by atomic mass is 10.1. The van der Waals surface area contributed by atoms with E-state index < -0.39 is 17.5 Å². The molecule has 2 amide bonds. The Bertz CT molecular complexity index is 1170. The van der Waals surface area contributed by atoms with Crippen LogP contribution in [0.15, 0.2) is 38.2 Å². The van der Waals surface area contributed by atoms with Crippen LogP contribution in [0.4, 0.5) is 11.4 Å². The highest BCUT2D eigenvalue weighted by Crippen LogP contribution is 2.32. The minimum absolute atomic E-state index is 0.0678. The summed E-state index contributed by atoms with van der Waals surface area (Å²) in [5, 5.41) is 20.5. The molecule has 0 fully saturated rings. The van der Waals surface area contributed by atoms with Gasteiger partial charge in [0.05, 0.1) is 16.8 Å². The predicted molar refractivity (Wildman–Crippen MR) is 102 cm³/mol. The van der Waals surface area contributed by atoms with E-state index in [4.69, 9.17) is 0 Å². The molecule has 1 aliphatic heterocycles. The van der Waals surface area contributed by atoms with Gasteiger partial charge in [-0.2, -0.15) is 0 Å². The molecule has 152 valence electrons. The van der Waals surface area contributed by atoms with Gasteiger partial charge in [0.15, 0.2) is 5.49 Å². The molecule has 0 saturated carbocycles. The van der Waals surface area contributed by atoms with Crippen LogP contribution < -0.4 is 16.3 Å². The van der Waals surface area contributed by atoms with E-state index in [1.807, 2.05) is 13.8 Å². The molecule has 0 aliphatic carbocycles. The van der Waals surface area contributed by atoms with Crippen molar-refractivity contribution in [1.29, 1.82) is 0 Å². The Morgan fingerprint density at radius 1 is 1.03 bits per heavy atom. The molecule has 1 aliphatic rings. The summed E-state index contributed by atoms with van der Waals surface area (Å²) in [6, 6.07) is 4.70. The lowest BCUT2D eigenvalue weighted by Crippen LogP contribution is -2.38. The van der Waals surface area contributed by atoms with Gasteiger partial charge in [-0.3, -0.25) is 24.0 Å². The lowest BCUT2D eigenvalue weighted by molar-refractivity contribution is -0.278. The standard InChI is InChI=1S/C19H22N6O4/c1-10(2)9-25-16(26)11-7-6-8-12(13(11)17(25)27)21-22-14-15(20-3)23(4)19(29)24(5)18(14)28/h6-8,10,28H,9H2,1-5H3/p-1. The Hall–Kier alpha value is -3.56. The average molecular weight is 397 g/mol. The van der Waals surface area contributed by atoms with Crippen LogP contribution in [0.3, 0.4) is 0 Å². The van der Waals surface area contributed by atoms with Gasteiger partial charge >= 0.3 is 5.69 Å². The fraction of sp³-hybridized carbons (Fsp3) is 0.368. The highest BCUT2D eigenvalue weighted by Gasteiger charge is 2.37. The zero-order chi connectivity index (χ0) is 21.5. The summed E-state index contributed by atoms with van der Waals surface area (Å²) < 4.78 is 2.09. The molecule has 0 bridgehead atoms. The number of carbonyl (C=O) groups is 2. The number of amides is 2. The third kappa shape index (κ3) is 3.26. The molecule has 1 aromatic heterocycles. The van der Waals surface area contributed by atoms with Crippen molar-refractivity contribution in [2.45, 2.75) is 13.8 Å². The molecule has 0 radical (unpaired) electrons. The van der Waals surface area contributed by atoms with Gasteiger partial charge in [-0.15, -0.1) is 10.2 Å². The third-order valence-electron chi connectivity index (χ3n) is 4.60. The van der Waals surface area contributed by atoms with Crippen molar-refractivity contribution in [3.05, 3.63) is 45.3 Å². The van der Waals surface area contributed by atoms with E-state index in [2.05, 4.69) is 15.2 Å². The monoisotopic (exact) mass is 397 g/mol. The summed E-state index contributed by atoms with van der Waals surface area (Å²) in [5.41, 5.74) is -0.0338. The lowest BCUT2D eigenvalue weighted by Gasteiger charge is -2.16. The average Bonchev–Trinajstić information content (AvgIpc) is 2.93. The van der Waals surface area contributed by atoms with Gasteiger partial charge in [0.25, 0.3) is 11.8 Å². The first-order valence-corrected chi connectivity index (χ1v) is 8.99. The smallest absolute Gasteiger partial charge is 0.328 e. The third-order valence-corrected chi connectivity index (χ3v) is 4.60. The molecule has 0 saturated heterocycles. The Kier molecular flexibility index (Phi) is 5.19. The molecule has 3 rings (SSSR count). The van der Waals surface area contributed by atoms with Crippen LogP contribution in [0.2, 0.25) is 0 Å². The molecule has 1 aromatic carbocycles. The van der Waals surface area contributed by atoms with Gasteiger partial charge in [-0.1, -0.05) is 19.9 Å². The number of aromatic nitrogens is 2. The highest BCUT2D eigenvalue weighted by atomic mass is 16.3. The van der Waals surface area contributed by atoms with Gasteiger partial charge in [0.1, 0.15) is 5.69 Å². The normalized spacial score (nSPS) is 14.6. The van der Waals surface area contributed by atoms with Crippen molar-refractivity contribution in [2.24, 2.45) is 35.2 Å². The number of azo groups is 1. The maximum absolute atomic E-state index is 12.8. The topological polar surface area (TPSA) is 124 Å². The Labute approximate surface area is 166 Å². The summed E-state index contributed by atoms with van der Waals surface area (Å²) >= 11 is 0. The number of hydrogen-bond donors (Lipinski definition) is 0. The largest absolute Gasteiger partial charge is 0.858 e. The van der Waals surface area contributed by atoms with E-state index in [0.29, 0.717) is 6.54 Å². The molecule has 0 spiro atoms. The second kappa shape index (κ2) is 7.46. The van der Waals surface area contributed by atoms with Gasteiger partial charge < -0.3 is 9.67 Å². The Balaban J connectivity index is 2.13. The number of benzene rings is 1. The van der Waals surface area contributed by atoms with Crippen LogP contribution >= 0.6 is 0 Å². The molecular formula is C19H21N6O4-. The minimum Gasteiger partial charge on any atom is -0.858 e. The van der Waals surface area contributed by atoms with Crippen LogP contribution in [-0.4, -0.2) is 39.4 Å². The van der Waals surface area contributed by atoms with Gasteiger partial charge in [-0.25, -0.2) is 4.79 Å². The molecule has 29 heavy (non-hydrogen) atoms. The summed E-state index contributed by atoms with van der Waals surface area (Å²) in [7, 11) is 4.23. The molecule has 2 aromatic rings. The predicted octanol–water partition coefficient (Wildman–Crippen LogP) is 0.995. The van der Waals surface area contributed by atoms with Crippen LogP contribution in [0.25, 0.3) is 0 Å². The first-order valence-electron chi connectivity index (χ1n) is 8.99. The summed E-state index contributed by atoms with van der Waals surface area (Å²) in [4.78, 5) is 42.6. The SMILES string of the molecule is CN=c1c(N=Nc2cccc3c2C(=O)N(CC(C)C)C3=O)c([O-])n(C)c(=O)n1C. The van der Waals surface area contributed by atoms with Crippen LogP contribution in [0, 0.1) is 5.92 Å². The first kappa shape index (κ1) is 20.2. The van der Waals surface area contributed by atoms with Crippen molar-refractivity contribution >= 4 is 23.2 Å². The minimum atomic E-state index is -0.658. The molecule has 0 N–H and O–H groups in total. The number of hydrogen-bond acceptors (Lipinski definition) is 7. The maximum Gasteiger partial charge on any atom is 0.328 e. The van der Waals surface area contributed by atoms with Crippen molar-refractivity contribution in [3.8, 4) is 5.88 Å². The van der Waals surface area contributed by atoms with Crippen molar-refractivity contribution < 1.29 is 14.7 Å². The van der Waals surface area contributed by atoms with Crippen molar-refractivity contribution in [3.63, 3.8) is 0 Å². The van der Waals surface area contributed by atoms with Gasteiger partial charge in [0.2, 0.25) is 0 Å². The van der Waals surface area contributed by atoms with Crippen LogP contribution in [0.1, 0.15) is 34.6 Å². The summed E-state index contributed by atoms with van der Waals surface area (Å²) in [6.07, 6.45) is 0. The summed E-state index contributed by atoms with van der Waals surface area (Å²) in [5.74, 6) is -1.36. The number of carbonyl (C=O) groups excluding carboxylic acids is 2. The molecule has 2 heterocycles.